The maximum atomic E-state index is 11.8. The van der Waals surface area contributed by atoms with Crippen LogP contribution in [-0.2, 0) is 9.59 Å². The molecule has 0 saturated heterocycles. The van der Waals surface area contributed by atoms with Gasteiger partial charge < -0.3 is 10.8 Å². The van der Waals surface area contributed by atoms with Gasteiger partial charge in [-0.05, 0) is 24.8 Å². The van der Waals surface area contributed by atoms with Crippen LogP contribution in [0.1, 0.15) is 37.2 Å². The van der Waals surface area contributed by atoms with Crippen LogP contribution in [0.3, 0.4) is 0 Å². The van der Waals surface area contributed by atoms with Gasteiger partial charge in [0.25, 0.3) is 0 Å². The molecular formula is C15H17NO3. The topological polar surface area (TPSA) is 80.4 Å². The number of rotatable bonds is 3. The highest BCUT2D eigenvalue weighted by molar-refractivity contribution is 5.97. The van der Waals surface area contributed by atoms with Crippen LogP contribution >= 0.6 is 0 Å². The lowest BCUT2D eigenvalue weighted by Gasteiger charge is -2.33. The Balaban J connectivity index is 2.07. The zero-order chi connectivity index (χ0) is 13.7. The number of carbonyl (C=O) groups is 2. The molecule has 1 amide bonds. The van der Waals surface area contributed by atoms with Crippen LogP contribution < -0.4 is 5.73 Å². The number of aliphatic carboxylic acids is 1. The third-order valence-corrected chi connectivity index (χ3v) is 5.06. The van der Waals surface area contributed by atoms with Crippen LogP contribution in [0.15, 0.2) is 30.3 Å². The molecular weight excluding hydrogens is 242 g/mol. The fourth-order valence-corrected chi connectivity index (χ4v) is 4.05. The molecule has 3 rings (SSSR count). The van der Waals surface area contributed by atoms with E-state index in [1.54, 1.807) is 0 Å². The van der Waals surface area contributed by atoms with E-state index in [2.05, 4.69) is 0 Å². The van der Waals surface area contributed by atoms with Crippen LogP contribution in [-0.4, -0.2) is 17.0 Å². The highest BCUT2D eigenvalue weighted by Gasteiger charge is 2.79. The second-order valence-electron chi connectivity index (χ2n) is 5.76. The highest BCUT2D eigenvalue weighted by atomic mass is 16.4. The van der Waals surface area contributed by atoms with E-state index in [1.807, 2.05) is 30.3 Å². The molecule has 100 valence electrons. The summed E-state index contributed by atoms with van der Waals surface area (Å²) in [6.45, 7) is 0. The fourth-order valence-electron chi connectivity index (χ4n) is 4.05. The molecule has 0 heterocycles. The average Bonchev–Trinajstić information content (AvgIpc) is 3.12. The van der Waals surface area contributed by atoms with Gasteiger partial charge in [-0.2, -0.15) is 0 Å². The third-order valence-electron chi connectivity index (χ3n) is 5.06. The number of amides is 1. The van der Waals surface area contributed by atoms with E-state index in [1.165, 1.54) is 0 Å². The molecule has 4 nitrogen and oxygen atoms in total. The molecule has 2 aliphatic rings. The van der Waals surface area contributed by atoms with Crippen molar-refractivity contribution in [2.45, 2.75) is 31.6 Å². The molecule has 3 N–H and O–H groups in total. The van der Waals surface area contributed by atoms with E-state index in [0.29, 0.717) is 12.8 Å². The summed E-state index contributed by atoms with van der Waals surface area (Å²) in [4.78, 5) is 23.6. The Morgan fingerprint density at radius 2 is 1.95 bits per heavy atom. The molecule has 19 heavy (non-hydrogen) atoms. The number of nitrogens with two attached hydrogens (primary N) is 1. The van der Waals surface area contributed by atoms with Crippen LogP contribution in [0.2, 0.25) is 0 Å². The summed E-state index contributed by atoms with van der Waals surface area (Å²) in [7, 11) is 0. The van der Waals surface area contributed by atoms with E-state index in [4.69, 9.17) is 5.73 Å². The van der Waals surface area contributed by atoms with Crippen molar-refractivity contribution in [1.29, 1.82) is 0 Å². The molecule has 0 spiro atoms. The Labute approximate surface area is 111 Å². The number of carboxylic acids is 1. The molecule has 3 atom stereocenters. The van der Waals surface area contributed by atoms with Crippen LogP contribution in [0.4, 0.5) is 0 Å². The van der Waals surface area contributed by atoms with Gasteiger partial charge in [-0.15, -0.1) is 0 Å². The summed E-state index contributed by atoms with van der Waals surface area (Å²) in [5.41, 5.74) is 4.72. The Morgan fingerprint density at radius 1 is 1.26 bits per heavy atom. The van der Waals surface area contributed by atoms with Crippen LogP contribution in [0, 0.1) is 10.8 Å². The quantitative estimate of drug-likeness (QED) is 0.870. The number of hydrogen-bond acceptors (Lipinski definition) is 2. The first kappa shape index (κ1) is 12.2. The Morgan fingerprint density at radius 3 is 2.53 bits per heavy atom. The second kappa shape index (κ2) is 3.83. The number of carboxylic acid groups (broad SMARTS) is 1. The maximum Gasteiger partial charge on any atom is 0.311 e. The van der Waals surface area contributed by atoms with Crippen molar-refractivity contribution in [2.24, 2.45) is 16.6 Å². The SMILES string of the molecule is NC(=O)C12CCCC(c3ccccc3)C1(C(=O)O)C2. The standard InChI is InChI=1S/C15H17NO3/c16-12(17)14-8-4-7-11(10-5-2-1-3-6-10)15(14,9-14)13(18)19/h1-3,5-6,11H,4,7-9H2,(H2,16,17)(H,18,19). The van der Waals surface area contributed by atoms with Crippen molar-refractivity contribution in [2.75, 3.05) is 0 Å². The Hall–Kier alpha value is -1.84. The summed E-state index contributed by atoms with van der Waals surface area (Å²) in [6, 6.07) is 9.63. The minimum atomic E-state index is -0.974. The lowest BCUT2D eigenvalue weighted by Crippen LogP contribution is -2.40. The van der Waals surface area contributed by atoms with Gasteiger partial charge in [-0.3, -0.25) is 9.59 Å². The summed E-state index contributed by atoms with van der Waals surface area (Å²) in [5.74, 6) is -1.43. The fraction of sp³-hybridized carbons (Fsp3) is 0.467. The first-order chi connectivity index (χ1) is 9.04. The van der Waals surface area contributed by atoms with E-state index in [0.717, 1.165) is 18.4 Å². The molecule has 4 heteroatoms. The lowest BCUT2D eigenvalue weighted by atomic mass is 9.69. The van der Waals surface area contributed by atoms with Gasteiger partial charge in [-0.1, -0.05) is 36.8 Å². The molecule has 1 aromatic rings. The molecule has 0 aromatic heterocycles. The molecule has 3 unspecified atom stereocenters. The highest BCUT2D eigenvalue weighted by Crippen LogP contribution is 2.75. The minimum Gasteiger partial charge on any atom is -0.481 e. The molecule has 0 bridgehead atoms. The third kappa shape index (κ3) is 1.40. The molecule has 0 aliphatic heterocycles. The molecule has 2 fully saturated rings. The number of hydrogen-bond donors (Lipinski definition) is 2. The number of benzene rings is 1. The van der Waals surface area contributed by atoms with E-state index >= 15 is 0 Å². The first-order valence-corrected chi connectivity index (χ1v) is 6.63. The van der Waals surface area contributed by atoms with Crippen molar-refractivity contribution in [3.63, 3.8) is 0 Å². The van der Waals surface area contributed by atoms with Gasteiger partial charge in [0.15, 0.2) is 0 Å². The lowest BCUT2D eigenvalue weighted by molar-refractivity contribution is -0.149. The van der Waals surface area contributed by atoms with Gasteiger partial charge in [0.1, 0.15) is 0 Å². The van der Waals surface area contributed by atoms with Crippen molar-refractivity contribution in [3.8, 4) is 0 Å². The molecule has 0 radical (unpaired) electrons. The summed E-state index contributed by atoms with van der Waals surface area (Å²) >= 11 is 0. The van der Waals surface area contributed by atoms with Crippen molar-refractivity contribution in [1.82, 2.24) is 0 Å². The predicted octanol–water partition coefficient (Wildman–Crippen LogP) is 1.90. The van der Waals surface area contributed by atoms with Crippen LogP contribution in [0.5, 0.6) is 0 Å². The van der Waals surface area contributed by atoms with Gasteiger partial charge in [-0.25, -0.2) is 0 Å². The summed E-state index contributed by atoms with van der Waals surface area (Å²) in [6.07, 6.45) is 2.67. The number of carbonyl (C=O) groups excluding carboxylic acids is 1. The minimum absolute atomic E-state index is 0.104. The van der Waals surface area contributed by atoms with Gasteiger partial charge in [0.2, 0.25) is 5.91 Å². The predicted molar refractivity (Wildman–Crippen MR) is 69.3 cm³/mol. The van der Waals surface area contributed by atoms with Crippen molar-refractivity contribution < 1.29 is 14.7 Å². The van der Waals surface area contributed by atoms with Gasteiger partial charge in [0, 0.05) is 5.92 Å². The number of primary amides is 1. The van der Waals surface area contributed by atoms with E-state index in [-0.39, 0.29) is 5.92 Å². The molecule has 2 aliphatic carbocycles. The van der Waals surface area contributed by atoms with Gasteiger partial charge in [0.05, 0.1) is 10.8 Å². The maximum absolute atomic E-state index is 11.8. The zero-order valence-corrected chi connectivity index (χ0v) is 10.6. The van der Waals surface area contributed by atoms with Crippen molar-refractivity contribution >= 4 is 11.9 Å². The van der Waals surface area contributed by atoms with E-state index < -0.39 is 22.7 Å². The smallest absolute Gasteiger partial charge is 0.311 e. The normalized spacial score (nSPS) is 36.3. The zero-order valence-electron chi connectivity index (χ0n) is 10.6. The summed E-state index contributed by atoms with van der Waals surface area (Å²) < 4.78 is 0. The largest absolute Gasteiger partial charge is 0.481 e. The average molecular weight is 259 g/mol. The molecule has 2 saturated carbocycles. The van der Waals surface area contributed by atoms with E-state index in [9.17, 15) is 14.7 Å². The number of fused-ring (bicyclic) bond motifs is 1. The first-order valence-electron chi connectivity index (χ1n) is 6.63. The Kier molecular flexibility index (Phi) is 2.46. The summed E-state index contributed by atoms with van der Waals surface area (Å²) in [5, 5.41) is 9.68. The van der Waals surface area contributed by atoms with Gasteiger partial charge >= 0.3 is 5.97 Å². The Bertz CT molecular complexity index is 542. The van der Waals surface area contributed by atoms with Crippen LogP contribution in [0.25, 0.3) is 0 Å². The van der Waals surface area contributed by atoms with Crippen molar-refractivity contribution in [3.05, 3.63) is 35.9 Å². The monoisotopic (exact) mass is 259 g/mol. The second-order valence-corrected chi connectivity index (χ2v) is 5.76. The molecule has 1 aromatic carbocycles.